The predicted molar refractivity (Wildman–Crippen MR) is 108 cm³/mol. The Labute approximate surface area is 155 Å². The zero-order valence-electron chi connectivity index (χ0n) is 16.8. The molecule has 140 valence electrons. The third-order valence-corrected chi connectivity index (χ3v) is 7.20. The van der Waals surface area contributed by atoms with Crippen LogP contribution in [0.5, 0.6) is 5.75 Å². The first-order valence-electron chi connectivity index (χ1n) is 10.9. The summed E-state index contributed by atoms with van der Waals surface area (Å²) in [6.07, 6.45) is 16.5. The van der Waals surface area contributed by atoms with Crippen molar-refractivity contribution in [3.8, 4) is 5.75 Å². The Bertz CT molecular complexity index is 529. The molecule has 0 spiro atoms. The molecule has 1 aromatic rings. The molecular weight excluding hydrogens is 304 g/mol. The molecule has 1 N–H and O–H groups in total. The minimum Gasteiger partial charge on any atom is -0.507 e. The van der Waals surface area contributed by atoms with Crippen LogP contribution in [0.2, 0.25) is 0 Å². The summed E-state index contributed by atoms with van der Waals surface area (Å²) >= 11 is 0. The fourth-order valence-corrected chi connectivity index (χ4v) is 5.34. The SMILES string of the molecule is CCCCc1cc(C2(C)CCCCC2)c(O)c(C2(C)CCCCC2)c1. The van der Waals surface area contributed by atoms with Crippen molar-refractivity contribution >= 4 is 0 Å². The Morgan fingerprint density at radius 1 is 0.800 bits per heavy atom. The van der Waals surface area contributed by atoms with E-state index >= 15 is 0 Å². The van der Waals surface area contributed by atoms with Crippen LogP contribution < -0.4 is 0 Å². The van der Waals surface area contributed by atoms with E-state index in [1.165, 1.54) is 93.7 Å². The van der Waals surface area contributed by atoms with Gasteiger partial charge in [0.2, 0.25) is 0 Å². The maximum atomic E-state index is 11.4. The van der Waals surface area contributed by atoms with Gasteiger partial charge in [-0.15, -0.1) is 0 Å². The summed E-state index contributed by atoms with van der Waals surface area (Å²) in [4.78, 5) is 0. The molecule has 25 heavy (non-hydrogen) atoms. The van der Waals surface area contributed by atoms with Crippen LogP contribution in [0.1, 0.15) is 115 Å². The van der Waals surface area contributed by atoms with Crippen molar-refractivity contribution in [3.63, 3.8) is 0 Å². The van der Waals surface area contributed by atoms with Crippen LogP contribution in [0.4, 0.5) is 0 Å². The lowest BCUT2D eigenvalue weighted by atomic mass is 9.66. The molecule has 0 heterocycles. The van der Waals surface area contributed by atoms with Gasteiger partial charge in [-0.3, -0.25) is 0 Å². The van der Waals surface area contributed by atoms with E-state index in [9.17, 15) is 5.11 Å². The molecule has 0 saturated heterocycles. The minimum absolute atomic E-state index is 0.171. The number of phenolic OH excluding ortho intramolecular Hbond substituents is 1. The summed E-state index contributed by atoms with van der Waals surface area (Å²) in [5, 5.41) is 11.4. The minimum atomic E-state index is 0.171. The zero-order valence-corrected chi connectivity index (χ0v) is 16.8. The largest absolute Gasteiger partial charge is 0.507 e. The average Bonchev–Trinajstić information content (AvgIpc) is 2.62. The molecule has 0 atom stereocenters. The van der Waals surface area contributed by atoms with E-state index in [2.05, 4.69) is 32.9 Å². The summed E-state index contributed by atoms with van der Waals surface area (Å²) in [6.45, 7) is 7.07. The monoisotopic (exact) mass is 342 g/mol. The highest BCUT2D eigenvalue weighted by atomic mass is 16.3. The number of rotatable bonds is 5. The molecular formula is C24H38O. The van der Waals surface area contributed by atoms with Gasteiger partial charge in [0.05, 0.1) is 0 Å². The second-order valence-corrected chi connectivity index (χ2v) is 9.39. The Morgan fingerprint density at radius 3 is 1.64 bits per heavy atom. The van der Waals surface area contributed by atoms with Crippen molar-refractivity contribution < 1.29 is 5.11 Å². The Morgan fingerprint density at radius 2 is 1.24 bits per heavy atom. The first-order chi connectivity index (χ1) is 12.0. The number of benzene rings is 1. The van der Waals surface area contributed by atoms with Gasteiger partial charge in [-0.05, 0) is 54.9 Å². The topological polar surface area (TPSA) is 20.2 Å². The van der Waals surface area contributed by atoms with E-state index in [1.54, 1.807) is 0 Å². The quantitative estimate of drug-likeness (QED) is 0.601. The lowest BCUT2D eigenvalue weighted by Crippen LogP contribution is -2.29. The van der Waals surface area contributed by atoms with Crippen molar-refractivity contribution in [1.82, 2.24) is 0 Å². The lowest BCUT2D eigenvalue weighted by Gasteiger charge is -2.39. The molecule has 2 aliphatic carbocycles. The molecule has 1 aromatic carbocycles. The third kappa shape index (κ3) is 3.91. The molecule has 2 saturated carbocycles. The molecule has 0 radical (unpaired) electrons. The fourth-order valence-electron chi connectivity index (χ4n) is 5.34. The Balaban J connectivity index is 2.05. The van der Waals surface area contributed by atoms with Crippen molar-refractivity contribution in [2.24, 2.45) is 0 Å². The smallest absolute Gasteiger partial charge is 0.123 e. The first-order valence-corrected chi connectivity index (χ1v) is 10.9. The van der Waals surface area contributed by atoms with Gasteiger partial charge in [0.15, 0.2) is 0 Å². The molecule has 1 nitrogen and oxygen atoms in total. The third-order valence-electron chi connectivity index (χ3n) is 7.20. The number of hydrogen-bond acceptors (Lipinski definition) is 1. The van der Waals surface area contributed by atoms with Gasteiger partial charge in [0.1, 0.15) is 5.75 Å². The van der Waals surface area contributed by atoms with Gasteiger partial charge >= 0.3 is 0 Å². The Hall–Kier alpha value is -0.980. The van der Waals surface area contributed by atoms with E-state index in [0.717, 1.165) is 6.42 Å². The van der Waals surface area contributed by atoms with Gasteiger partial charge < -0.3 is 5.11 Å². The van der Waals surface area contributed by atoms with Crippen molar-refractivity contribution in [2.75, 3.05) is 0 Å². The van der Waals surface area contributed by atoms with Crippen LogP contribution in [0.15, 0.2) is 12.1 Å². The maximum Gasteiger partial charge on any atom is 0.123 e. The summed E-state index contributed by atoms with van der Waals surface area (Å²) < 4.78 is 0. The highest BCUT2D eigenvalue weighted by Crippen LogP contribution is 2.49. The molecule has 0 aromatic heterocycles. The highest BCUT2D eigenvalue weighted by molar-refractivity contribution is 5.51. The van der Waals surface area contributed by atoms with Crippen LogP contribution in [-0.4, -0.2) is 5.11 Å². The maximum absolute atomic E-state index is 11.4. The van der Waals surface area contributed by atoms with Crippen LogP contribution in [0.3, 0.4) is 0 Å². The molecule has 2 fully saturated rings. The fraction of sp³-hybridized carbons (Fsp3) is 0.750. The second-order valence-electron chi connectivity index (χ2n) is 9.39. The zero-order chi connectivity index (χ0) is 17.9. The standard InChI is InChI=1S/C24H38O/c1-4-5-12-19-17-20(23(2)13-8-6-9-14-23)22(25)21(18-19)24(3)15-10-7-11-16-24/h17-18,25H,4-16H2,1-3H3. The summed E-state index contributed by atoms with van der Waals surface area (Å²) in [5.74, 6) is 0.647. The van der Waals surface area contributed by atoms with Gasteiger partial charge in [0, 0.05) is 11.1 Å². The van der Waals surface area contributed by atoms with Gasteiger partial charge in [-0.2, -0.15) is 0 Å². The second kappa shape index (κ2) is 7.72. The molecule has 3 rings (SSSR count). The number of phenols is 1. The van der Waals surface area contributed by atoms with E-state index in [4.69, 9.17) is 0 Å². The van der Waals surface area contributed by atoms with Crippen molar-refractivity contribution in [3.05, 3.63) is 28.8 Å². The molecule has 0 amide bonds. The molecule has 2 aliphatic rings. The van der Waals surface area contributed by atoms with E-state index in [-0.39, 0.29) is 10.8 Å². The van der Waals surface area contributed by atoms with Gasteiger partial charge in [-0.25, -0.2) is 0 Å². The number of hydrogen-bond donors (Lipinski definition) is 1. The van der Waals surface area contributed by atoms with Gasteiger partial charge in [0.25, 0.3) is 0 Å². The van der Waals surface area contributed by atoms with E-state index in [1.807, 2.05) is 0 Å². The molecule has 0 bridgehead atoms. The summed E-state index contributed by atoms with van der Waals surface area (Å²) in [6, 6.07) is 4.73. The van der Waals surface area contributed by atoms with Crippen LogP contribution >= 0.6 is 0 Å². The number of unbranched alkanes of at least 4 members (excludes halogenated alkanes) is 1. The van der Waals surface area contributed by atoms with E-state index in [0.29, 0.717) is 5.75 Å². The summed E-state index contributed by atoms with van der Waals surface area (Å²) in [7, 11) is 0. The van der Waals surface area contributed by atoms with Crippen molar-refractivity contribution in [1.29, 1.82) is 0 Å². The van der Waals surface area contributed by atoms with Crippen LogP contribution in [-0.2, 0) is 17.3 Å². The highest BCUT2D eigenvalue weighted by Gasteiger charge is 2.37. The molecule has 1 heteroatoms. The van der Waals surface area contributed by atoms with E-state index < -0.39 is 0 Å². The first kappa shape index (κ1) is 18.8. The van der Waals surface area contributed by atoms with Gasteiger partial charge in [-0.1, -0.05) is 77.8 Å². The number of aryl methyl sites for hydroxylation is 1. The lowest BCUT2D eigenvalue weighted by molar-refractivity contribution is 0.290. The molecule has 0 aliphatic heterocycles. The predicted octanol–water partition coefficient (Wildman–Crippen LogP) is 7.18. The summed E-state index contributed by atoms with van der Waals surface area (Å²) in [5.41, 5.74) is 4.34. The normalized spacial score (nSPS) is 22.7. The van der Waals surface area contributed by atoms with Crippen LogP contribution in [0.25, 0.3) is 0 Å². The van der Waals surface area contributed by atoms with Crippen molar-refractivity contribution in [2.45, 2.75) is 115 Å². The number of aromatic hydroxyl groups is 1. The van der Waals surface area contributed by atoms with Crippen LogP contribution in [0, 0.1) is 0 Å². The Kier molecular flexibility index (Phi) is 5.81. The molecule has 0 unspecified atom stereocenters. The average molecular weight is 343 g/mol.